The molecule has 0 aliphatic heterocycles. The first-order valence-corrected chi connectivity index (χ1v) is 4.20. The molecule has 0 aliphatic rings. The standard InChI is InChI=1S/C6H8FIN2/c1-2-3-10-6(7)5(8)4-9-10/h4H,2-3H2,1H3. The van der Waals surface area contributed by atoms with Crippen molar-refractivity contribution in [2.45, 2.75) is 19.9 Å². The molecule has 1 rings (SSSR count). The van der Waals surface area contributed by atoms with Gasteiger partial charge in [0.05, 0.1) is 9.77 Å². The molecule has 0 radical (unpaired) electrons. The summed E-state index contributed by atoms with van der Waals surface area (Å²) in [6, 6.07) is 0. The highest BCUT2D eigenvalue weighted by Gasteiger charge is 2.04. The van der Waals surface area contributed by atoms with Gasteiger partial charge in [-0.25, -0.2) is 4.68 Å². The lowest BCUT2D eigenvalue weighted by atomic mass is 10.5. The molecule has 1 heterocycles. The lowest BCUT2D eigenvalue weighted by Crippen LogP contribution is -2.01. The topological polar surface area (TPSA) is 17.8 Å². The molecule has 56 valence electrons. The summed E-state index contributed by atoms with van der Waals surface area (Å²) in [6.45, 7) is 2.66. The molecule has 0 N–H and O–H groups in total. The Labute approximate surface area is 72.6 Å². The Morgan fingerprint density at radius 3 is 2.90 bits per heavy atom. The van der Waals surface area contributed by atoms with Crippen molar-refractivity contribution in [1.82, 2.24) is 9.78 Å². The minimum Gasteiger partial charge on any atom is -0.239 e. The third-order valence-electron chi connectivity index (χ3n) is 1.17. The van der Waals surface area contributed by atoms with Gasteiger partial charge in [-0.3, -0.25) is 0 Å². The normalized spacial score (nSPS) is 10.3. The van der Waals surface area contributed by atoms with Gasteiger partial charge in [-0.05, 0) is 29.0 Å². The van der Waals surface area contributed by atoms with E-state index in [0.29, 0.717) is 10.1 Å². The second-order valence-electron chi connectivity index (χ2n) is 2.01. The first kappa shape index (κ1) is 7.97. The first-order chi connectivity index (χ1) is 4.75. The van der Waals surface area contributed by atoms with Crippen molar-refractivity contribution in [2.24, 2.45) is 0 Å². The van der Waals surface area contributed by atoms with Crippen LogP contribution in [0.5, 0.6) is 0 Å². The van der Waals surface area contributed by atoms with Crippen molar-refractivity contribution < 1.29 is 4.39 Å². The van der Waals surface area contributed by atoms with E-state index in [0.717, 1.165) is 6.42 Å². The Morgan fingerprint density at radius 2 is 2.50 bits per heavy atom. The quantitative estimate of drug-likeness (QED) is 0.738. The summed E-state index contributed by atoms with van der Waals surface area (Å²) in [5.41, 5.74) is 0. The van der Waals surface area contributed by atoms with Gasteiger partial charge in [0, 0.05) is 6.54 Å². The average Bonchev–Trinajstić information content (AvgIpc) is 2.20. The molecule has 0 amide bonds. The fraction of sp³-hybridized carbons (Fsp3) is 0.500. The first-order valence-electron chi connectivity index (χ1n) is 3.12. The molecule has 2 nitrogen and oxygen atoms in total. The van der Waals surface area contributed by atoms with Gasteiger partial charge in [0.25, 0.3) is 0 Å². The van der Waals surface area contributed by atoms with Crippen LogP contribution in [0.15, 0.2) is 6.20 Å². The predicted octanol–water partition coefficient (Wildman–Crippen LogP) is 2.04. The molecule has 0 unspecified atom stereocenters. The van der Waals surface area contributed by atoms with E-state index in [1.165, 1.54) is 10.9 Å². The summed E-state index contributed by atoms with van der Waals surface area (Å²) >= 11 is 1.93. The largest absolute Gasteiger partial charge is 0.239 e. The molecular weight excluding hydrogens is 246 g/mol. The fourth-order valence-electron chi connectivity index (χ4n) is 0.715. The van der Waals surface area contributed by atoms with Crippen molar-refractivity contribution in [1.29, 1.82) is 0 Å². The maximum absolute atomic E-state index is 12.8. The number of aryl methyl sites for hydroxylation is 1. The van der Waals surface area contributed by atoms with E-state index < -0.39 is 0 Å². The summed E-state index contributed by atoms with van der Waals surface area (Å²) in [4.78, 5) is 0. The molecule has 0 aromatic carbocycles. The lowest BCUT2D eigenvalue weighted by molar-refractivity contribution is 0.450. The van der Waals surface area contributed by atoms with E-state index in [1.54, 1.807) is 0 Å². The highest BCUT2D eigenvalue weighted by molar-refractivity contribution is 14.1. The summed E-state index contributed by atoms with van der Waals surface area (Å²) in [5, 5.41) is 3.84. The fourth-order valence-corrected chi connectivity index (χ4v) is 1.12. The zero-order valence-corrected chi connectivity index (χ0v) is 7.80. The molecule has 0 spiro atoms. The molecule has 1 aromatic rings. The van der Waals surface area contributed by atoms with E-state index in [2.05, 4.69) is 5.10 Å². The van der Waals surface area contributed by atoms with Crippen molar-refractivity contribution in [3.63, 3.8) is 0 Å². The minimum absolute atomic E-state index is 0.220. The molecule has 0 bridgehead atoms. The Kier molecular flexibility index (Phi) is 2.64. The Morgan fingerprint density at radius 1 is 1.80 bits per heavy atom. The van der Waals surface area contributed by atoms with Crippen LogP contribution in [0.2, 0.25) is 0 Å². The zero-order chi connectivity index (χ0) is 7.56. The summed E-state index contributed by atoms with van der Waals surface area (Å²) in [5.74, 6) is -0.220. The van der Waals surface area contributed by atoms with Crippen molar-refractivity contribution in [3.05, 3.63) is 15.7 Å². The Hall–Kier alpha value is -0.130. The van der Waals surface area contributed by atoms with Crippen molar-refractivity contribution >= 4 is 22.6 Å². The summed E-state index contributed by atoms with van der Waals surface area (Å²) < 4.78 is 14.8. The van der Waals surface area contributed by atoms with Crippen LogP contribution < -0.4 is 0 Å². The van der Waals surface area contributed by atoms with E-state index >= 15 is 0 Å². The van der Waals surface area contributed by atoms with Crippen LogP contribution in [-0.4, -0.2) is 9.78 Å². The van der Waals surface area contributed by atoms with Crippen molar-refractivity contribution in [2.75, 3.05) is 0 Å². The van der Waals surface area contributed by atoms with Crippen LogP contribution in [0.3, 0.4) is 0 Å². The minimum atomic E-state index is -0.220. The predicted molar refractivity (Wildman–Crippen MR) is 45.2 cm³/mol. The molecule has 0 atom stereocenters. The number of halogens is 2. The lowest BCUT2D eigenvalue weighted by Gasteiger charge is -1.96. The molecule has 0 saturated heterocycles. The molecule has 0 saturated carbocycles. The van der Waals surface area contributed by atoms with Gasteiger partial charge in [0.1, 0.15) is 0 Å². The van der Waals surface area contributed by atoms with Gasteiger partial charge in [-0.2, -0.15) is 9.49 Å². The van der Waals surface area contributed by atoms with Crippen LogP contribution in [0.1, 0.15) is 13.3 Å². The van der Waals surface area contributed by atoms with E-state index in [4.69, 9.17) is 0 Å². The average molecular weight is 254 g/mol. The van der Waals surface area contributed by atoms with Crippen LogP contribution in [0.25, 0.3) is 0 Å². The Bertz CT molecular complexity index is 222. The number of hydrogen-bond acceptors (Lipinski definition) is 1. The van der Waals surface area contributed by atoms with Crippen LogP contribution in [0.4, 0.5) is 4.39 Å². The summed E-state index contributed by atoms with van der Waals surface area (Å²) in [7, 11) is 0. The maximum atomic E-state index is 12.8. The monoisotopic (exact) mass is 254 g/mol. The van der Waals surface area contributed by atoms with Gasteiger partial charge in [-0.1, -0.05) is 6.92 Å². The van der Waals surface area contributed by atoms with Crippen LogP contribution >= 0.6 is 22.6 Å². The van der Waals surface area contributed by atoms with Crippen LogP contribution in [0, 0.1) is 9.52 Å². The molecule has 1 aromatic heterocycles. The molecule has 10 heavy (non-hydrogen) atoms. The molecule has 0 fully saturated rings. The summed E-state index contributed by atoms with van der Waals surface area (Å²) in [6.07, 6.45) is 2.44. The van der Waals surface area contributed by atoms with Crippen LogP contribution in [-0.2, 0) is 6.54 Å². The SMILES string of the molecule is CCCn1ncc(I)c1F. The van der Waals surface area contributed by atoms with Gasteiger partial charge >= 0.3 is 0 Å². The van der Waals surface area contributed by atoms with Gasteiger partial charge in [0.15, 0.2) is 0 Å². The maximum Gasteiger partial charge on any atom is 0.224 e. The molecule has 4 heteroatoms. The van der Waals surface area contributed by atoms with Gasteiger partial charge in [0.2, 0.25) is 5.95 Å². The molecule has 0 aliphatic carbocycles. The van der Waals surface area contributed by atoms with E-state index in [1.807, 2.05) is 29.5 Å². The number of hydrogen-bond donors (Lipinski definition) is 0. The van der Waals surface area contributed by atoms with E-state index in [9.17, 15) is 4.39 Å². The van der Waals surface area contributed by atoms with Crippen molar-refractivity contribution in [3.8, 4) is 0 Å². The number of aromatic nitrogens is 2. The van der Waals surface area contributed by atoms with E-state index in [-0.39, 0.29) is 5.95 Å². The van der Waals surface area contributed by atoms with Gasteiger partial charge < -0.3 is 0 Å². The number of rotatable bonds is 2. The highest BCUT2D eigenvalue weighted by Crippen LogP contribution is 2.08. The third kappa shape index (κ3) is 1.47. The third-order valence-corrected chi connectivity index (χ3v) is 1.89. The molecular formula is C6H8FIN2. The highest BCUT2D eigenvalue weighted by atomic mass is 127. The second-order valence-corrected chi connectivity index (χ2v) is 3.17. The zero-order valence-electron chi connectivity index (χ0n) is 5.64. The Balaban J connectivity index is 2.83. The van der Waals surface area contributed by atoms with Gasteiger partial charge in [-0.15, -0.1) is 0 Å². The second kappa shape index (κ2) is 3.32. The smallest absolute Gasteiger partial charge is 0.224 e. The number of nitrogens with zero attached hydrogens (tertiary/aromatic N) is 2.